The number of nitrogens with one attached hydrogen (secondary N) is 1. The van der Waals surface area contributed by atoms with Crippen molar-refractivity contribution in [1.82, 2.24) is 15.1 Å². The maximum Gasteiger partial charge on any atom is 0.251 e. The summed E-state index contributed by atoms with van der Waals surface area (Å²) in [5, 5.41) is 3.02. The average Bonchev–Trinajstić information content (AvgIpc) is 3.60. The van der Waals surface area contributed by atoms with Gasteiger partial charge in [-0.25, -0.2) is 0 Å². The molecule has 2 aliphatic rings. The molecule has 160 valence electrons. The first-order chi connectivity index (χ1) is 14.7. The fourth-order valence-corrected chi connectivity index (χ4v) is 3.70. The number of likely N-dealkylation sites (N-methyl/N-ethyl adjacent to an activating group) is 1. The van der Waals surface area contributed by atoms with E-state index in [0.717, 1.165) is 57.4 Å². The fourth-order valence-electron chi connectivity index (χ4n) is 3.70. The molecule has 1 heterocycles. The van der Waals surface area contributed by atoms with Gasteiger partial charge < -0.3 is 15.0 Å². The lowest BCUT2D eigenvalue weighted by molar-refractivity contribution is 0.0954. The van der Waals surface area contributed by atoms with E-state index < -0.39 is 0 Å². The predicted molar refractivity (Wildman–Crippen MR) is 120 cm³/mol. The highest BCUT2D eigenvalue weighted by atomic mass is 16.5. The van der Waals surface area contributed by atoms with E-state index in [9.17, 15) is 4.79 Å². The molecule has 1 amide bonds. The predicted octanol–water partition coefficient (Wildman–Crippen LogP) is 3.20. The molecule has 5 heteroatoms. The second kappa shape index (κ2) is 10.1. The lowest BCUT2D eigenvalue weighted by atomic mass is 10.1. The van der Waals surface area contributed by atoms with Gasteiger partial charge in [0.2, 0.25) is 0 Å². The van der Waals surface area contributed by atoms with Gasteiger partial charge in [0, 0.05) is 44.8 Å². The summed E-state index contributed by atoms with van der Waals surface area (Å²) in [7, 11) is 2.18. The van der Waals surface area contributed by atoms with Crippen molar-refractivity contribution in [2.45, 2.75) is 25.8 Å². The maximum atomic E-state index is 12.4. The van der Waals surface area contributed by atoms with Crippen molar-refractivity contribution in [3.63, 3.8) is 0 Å². The van der Waals surface area contributed by atoms with Gasteiger partial charge >= 0.3 is 0 Å². The second-order valence-electron chi connectivity index (χ2n) is 8.68. The molecule has 1 saturated heterocycles. The molecule has 0 unspecified atom stereocenters. The minimum Gasteiger partial charge on any atom is -0.493 e. The van der Waals surface area contributed by atoms with Crippen LogP contribution in [0, 0.1) is 5.92 Å². The number of carbonyl (C=O) groups excluding carboxylic acids is 1. The van der Waals surface area contributed by atoms with Crippen LogP contribution >= 0.6 is 0 Å². The summed E-state index contributed by atoms with van der Waals surface area (Å²) in [5.74, 6) is 1.54. The van der Waals surface area contributed by atoms with Crippen molar-refractivity contribution in [2.75, 3.05) is 46.4 Å². The van der Waals surface area contributed by atoms with E-state index in [2.05, 4.69) is 46.4 Å². The molecule has 30 heavy (non-hydrogen) atoms. The lowest BCUT2D eigenvalue weighted by Crippen LogP contribution is -2.43. The molecule has 0 atom stereocenters. The van der Waals surface area contributed by atoms with Crippen molar-refractivity contribution in [3.05, 3.63) is 65.2 Å². The third kappa shape index (κ3) is 6.31. The van der Waals surface area contributed by atoms with E-state index in [4.69, 9.17) is 4.74 Å². The number of benzene rings is 2. The Labute approximate surface area is 180 Å². The number of nitrogens with zero attached hydrogens (tertiary/aromatic N) is 2. The van der Waals surface area contributed by atoms with Crippen LogP contribution in [0.5, 0.6) is 5.75 Å². The van der Waals surface area contributed by atoms with E-state index >= 15 is 0 Å². The van der Waals surface area contributed by atoms with Crippen molar-refractivity contribution >= 4 is 5.91 Å². The third-order valence-corrected chi connectivity index (χ3v) is 6.02. The lowest BCUT2D eigenvalue weighted by Gasteiger charge is -2.32. The Hall–Kier alpha value is -2.37. The number of hydrogen-bond acceptors (Lipinski definition) is 4. The second-order valence-corrected chi connectivity index (χ2v) is 8.68. The number of piperazine rings is 1. The van der Waals surface area contributed by atoms with E-state index in [-0.39, 0.29) is 5.91 Å². The Morgan fingerprint density at radius 3 is 2.30 bits per heavy atom. The van der Waals surface area contributed by atoms with E-state index in [1.54, 1.807) is 0 Å². The van der Waals surface area contributed by atoms with E-state index in [1.165, 1.54) is 24.0 Å². The number of hydrogen-bond donors (Lipinski definition) is 1. The first-order valence-electron chi connectivity index (χ1n) is 11.2. The topological polar surface area (TPSA) is 44.8 Å². The number of carbonyl (C=O) groups is 1. The van der Waals surface area contributed by atoms with Crippen LogP contribution in [0.25, 0.3) is 0 Å². The Bertz CT molecular complexity index is 807. The quantitative estimate of drug-likeness (QED) is 0.693. The molecule has 2 aromatic rings. The minimum atomic E-state index is -0.0320. The molecular weight excluding hydrogens is 374 g/mol. The normalized spacial score (nSPS) is 17.6. The van der Waals surface area contributed by atoms with Crippen LogP contribution in [0.2, 0.25) is 0 Å². The summed E-state index contributed by atoms with van der Waals surface area (Å²) in [5.41, 5.74) is 3.29. The zero-order valence-corrected chi connectivity index (χ0v) is 18.0. The maximum absolute atomic E-state index is 12.4. The molecule has 0 spiro atoms. The highest BCUT2D eigenvalue weighted by Gasteiger charge is 2.21. The summed E-state index contributed by atoms with van der Waals surface area (Å²) in [6.45, 7) is 7.01. The van der Waals surface area contributed by atoms with Crippen LogP contribution in [0.1, 0.15) is 34.3 Å². The van der Waals surface area contributed by atoms with Gasteiger partial charge in [-0.05, 0) is 67.6 Å². The smallest absolute Gasteiger partial charge is 0.251 e. The number of amides is 1. The van der Waals surface area contributed by atoms with Crippen molar-refractivity contribution < 1.29 is 9.53 Å². The van der Waals surface area contributed by atoms with Gasteiger partial charge in [-0.3, -0.25) is 9.69 Å². The Kier molecular flexibility index (Phi) is 7.03. The summed E-state index contributed by atoms with van der Waals surface area (Å²) in [6, 6.07) is 16.3. The average molecular weight is 408 g/mol. The van der Waals surface area contributed by atoms with Gasteiger partial charge in [0.25, 0.3) is 5.91 Å². The molecule has 1 aliphatic heterocycles. The standard InChI is InChI=1S/C25H33N3O2/c1-27-14-16-28(17-15-27)18-21-4-2-20(3-5-21)12-13-26-25(29)23-8-10-24(11-9-23)30-19-22-6-7-22/h2-5,8-11,22H,6-7,12-19H2,1H3,(H,26,29). The fraction of sp³-hybridized carbons (Fsp3) is 0.480. The van der Waals surface area contributed by atoms with Gasteiger partial charge in [-0.1, -0.05) is 24.3 Å². The van der Waals surface area contributed by atoms with E-state index in [1.807, 2.05) is 24.3 Å². The summed E-state index contributed by atoms with van der Waals surface area (Å²) >= 11 is 0. The molecule has 0 bridgehead atoms. The van der Waals surface area contributed by atoms with Gasteiger partial charge in [0.15, 0.2) is 0 Å². The summed E-state index contributed by atoms with van der Waals surface area (Å²) < 4.78 is 5.73. The largest absolute Gasteiger partial charge is 0.493 e. The highest BCUT2D eigenvalue weighted by Crippen LogP contribution is 2.29. The summed E-state index contributed by atoms with van der Waals surface area (Å²) in [4.78, 5) is 17.3. The third-order valence-electron chi connectivity index (χ3n) is 6.02. The van der Waals surface area contributed by atoms with Gasteiger partial charge in [-0.2, -0.15) is 0 Å². The highest BCUT2D eigenvalue weighted by molar-refractivity contribution is 5.94. The molecule has 2 fully saturated rings. The first-order valence-corrected chi connectivity index (χ1v) is 11.2. The Morgan fingerprint density at radius 1 is 0.967 bits per heavy atom. The SMILES string of the molecule is CN1CCN(Cc2ccc(CCNC(=O)c3ccc(OCC4CC4)cc3)cc2)CC1. The number of rotatable bonds is 9. The zero-order valence-electron chi connectivity index (χ0n) is 18.0. The minimum absolute atomic E-state index is 0.0320. The van der Waals surface area contributed by atoms with Crippen LogP contribution in [-0.4, -0.2) is 62.1 Å². The first kappa shape index (κ1) is 20.9. The molecule has 1 aliphatic carbocycles. The summed E-state index contributed by atoms with van der Waals surface area (Å²) in [6.07, 6.45) is 3.39. The molecule has 4 rings (SSSR count). The Balaban J connectivity index is 1.17. The molecule has 1 saturated carbocycles. The zero-order chi connectivity index (χ0) is 20.8. The van der Waals surface area contributed by atoms with Gasteiger partial charge in [-0.15, -0.1) is 0 Å². The van der Waals surface area contributed by atoms with Crippen molar-refractivity contribution in [1.29, 1.82) is 0 Å². The van der Waals surface area contributed by atoms with E-state index in [0.29, 0.717) is 12.1 Å². The van der Waals surface area contributed by atoms with Crippen LogP contribution < -0.4 is 10.1 Å². The number of ether oxygens (including phenoxy) is 1. The molecule has 2 aromatic carbocycles. The Morgan fingerprint density at radius 2 is 1.63 bits per heavy atom. The molecular formula is C25H33N3O2. The van der Waals surface area contributed by atoms with Gasteiger partial charge in [0.05, 0.1) is 6.61 Å². The molecule has 1 N–H and O–H groups in total. The monoisotopic (exact) mass is 407 g/mol. The molecule has 5 nitrogen and oxygen atoms in total. The van der Waals surface area contributed by atoms with Crippen LogP contribution in [0.4, 0.5) is 0 Å². The van der Waals surface area contributed by atoms with Crippen LogP contribution in [0.15, 0.2) is 48.5 Å². The van der Waals surface area contributed by atoms with Gasteiger partial charge in [0.1, 0.15) is 5.75 Å². The van der Waals surface area contributed by atoms with Crippen LogP contribution in [0.3, 0.4) is 0 Å². The van der Waals surface area contributed by atoms with Crippen molar-refractivity contribution in [3.8, 4) is 5.75 Å². The molecule has 0 radical (unpaired) electrons. The van der Waals surface area contributed by atoms with Crippen LogP contribution in [-0.2, 0) is 13.0 Å². The molecule has 0 aromatic heterocycles. The van der Waals surface area contributed by atoms with Crippen molar-refractivity contribution in [2.24, 2.45) is 5.92 Å².